The number of oxazole rings is 2. The van der Waals surface area contributed by atoms with Crippen LogP contribution >= 0.6 is 0 Å². The van der Waals surface area contributed by atoms with E-state index in [1.165, 1.54) is 0 Å². The number of hydrogen-bond acceptors (Lipinski definition) is 11. The van der Waals surface area contributed by atoms with Crippen LogP contribution in [0, 0.1) is 0 Å². The van der Waals surface area contributed by atoms with E-state index in [4.69, 9.17) is 14.6 Å². The average Bonchev–Trinajstić information content (AvgIpc) is 3.95. The van der Waals surface area contributed by atoms with Gasteiger partial charge in [-0.3, -0.25) is 19.3 Å². The molecular formula is C36H47N9O5. The van der Waals surface area contributed by atoms with Gasteiger partial charge in [-0.2, -0.15) is 9.97 Å². The number of para-hydroxylation sites is 4. The molecule has 3 amide bonds. The van der Waals surface area contributed by atoms with Crippen molar-refractivity contribution in [1.82, 2.24) is 30.8 Å². The van der Waals surface area contributed by atoms with Crippen LogP contribution in [0.4, 0.5) is 12.0 Å². The van der Waals surface area contributed by atoms with Crippen LogP contribution in [0.15, 0.2) is 57.4 Å². The Balaban J connectivity index is 0.000000159. The average molecular weight is 686 g/mol. The summed E-state index contributed by atoms with van der Waals surface area (Å²) in [6.45, 7) is 5.07. The lowest BCUT2D eigenvalue weighted by Crippen LogP contribution is -2.52. The number of rotatable bonds is 8. The molecule has 2 aromatic carbocycles. The fourth-order valence-corrected chi connectivity index (χ4v) is 7.52. The zero-order chi connectivity index (χ0) is 34.5. The lowest BCUT2D eigenvalue weighted by atomic mass is 10.0. The van der Waals surface area contributed by atoms with E-state index in [2.05, 4.69) is 25.9 Å². The predicted molar refractivity (Wildman–Crippen MR) is 190 cm³/mol. The van der Waals surface area contributed by atoms with Gasteiger partial charge in [0, 0.05) is 44.8 Å². The molecule has 5 N–H and O–H groups in total. The summed E-state index contributed by atoms with van der Waals surface area (Å²) in [6.07, 6.45) is 7.61. The molecule has 8 rings (SSSR count). The van der Waals surface area contributed by atoms with Crippen molar-refractivity contribution >= 4 is 52.0 Å². The van der Waals surface area contributed by atoms with Gasteiger partial charge in [-0.25, -0.2) is 0 Å². The third kappa shape index (κ3) is 7.86. The molecule has 266 valence electrons. The van der Waals surface area contributed by atoms with E-state index in [1.807, 2.05) is 63.2 Å². The minimum Gasteiger partial charge on any atom is -0.423 e. The number of nitrogens with zero attached hydrogens (tertiary/aromatic N) is 5. The van der Waals surface area contributed by atoms with E-state index >= 15 is 0 Å². The summed E-state index contributed by atoms with van der Waals surface area (Å²) in [4.78, 5) is 51.8. The fourth-order valence-electron chi connectivity index (χ4n) is 7.52. The van der Waals surface area contributed by atoms with Crippen molar-refractivity contribution in [3.8, 4) is 0 Å². The van der Waals surface area contributed by atoms with Gasteiger partial charge in [-0.1, -0.05) is 24.3 Å². The Bertz CT molecular complexity index is 1720. The van der Waals surface area contributed by atoms with Crippen molar-refractivity contribution in [3.05, 3.63) is 48.5 Å². The number of piperidine rings is 2. The number of nitrogens with one attached hydrogen (secondary N) is 3. The molecule has 4 saturated heterocycles. The SMILES string of the molecule is NC(=O)CN1CC[C@H](NC(=O)[C@@H]2CCCCN2c2nc3ccccc3o2)C1.O=C(N[C@H]1CCNC1)[C@@H]1CCCCN1c1nc2ccccc2o1. The highest BCUT2D eigenvalue weighted by Gasteiger charge is 2.35. The highest BCUT2D eigenvalue weighted by Crippen LogP contribution is 2.29. The van der Waals surface area contributed by atoms with Gasteiger partial charge in [0.25, 0.3) is 12.0 Å². The van der Waals surface area contributed by atoms with Crippen molar-refractivity contribution in [2.24, 2.45) is 5.73 Å². The summed E-state index contributed by atoms with van der Waals surface area (Å²) in [6, 6.07) is 16.3. The Morgan fingerprint density at radius 1 is 0.740 bits per heavy atom. The number of nitrogens with two attached hydrogens (primary N) is 1. The second-order valence-corrected chi connectivity index (χ2v) is 13.7. The highest BCUT2D eigenvalue weighted by atomic mass is 16.4. The number of anilines is 2. The van der Waals surface area contributed by atoms with Crippen LogP contribution in [-0.4, -0.2) is 103 Å². The minimum atomic E-state index is -0.337. The number of hydrogen-bond donors (Lipinski definition) is 4. The largest absolute Gasteiger partial charge is 0.423 e. The van der Waals surface area contributed by atoms with E-state index in [1.54, 1.807) is 0 Å². The molecule has 0 spiro atoms. The van der Waals surface area contributed by atoms with Crippen LogP contribution in [0.2, 0.25) is 0 Å². The van der Waals surface area contributed by atoms with Crippen molar-refractivity contribution in [2.75, 3.05) is 55.6 Å². The summed E-state index contributed by atoms with van der Waals surface area (Å²) in [5, 5.41) is 9.59. The van der Waals surface area contributed by atoms with Gasteiger partial charge in [-0.15, -0.1) is 0 Å². The number of aromatic nitrogens is 2. The van der Waals surface area contributed by atoms with E-state index < -0.39 is 0 Å². The fraction of sp³-hybridized carbons (Fsp3) is 0.528. The molecule has 0 saturated carbocycles. The van der Waals surface area contributed by atoms with E-state index in [0.29, 0.717) is 18.6 Å². The number of benzene rings is 2. The van der Waals surface area contributed by atoms with Crippen molar-refractivity contribution in [2.45, 2.75) is 75.5 Å². The number of carbonyl (C=O) groups excluding carboxylic acids is 3. The molecule has 0 radical (unpaired) electrons. The van der Waals surface area contributed by atoms with Gasteiger partial charge >= 0.3 is 0 Å². The third-order valence-corrected chi connectivity index (χ3v) is 10.1. The summed E-state index contributed by atoms with van der Waals surface area (Å²) < 4.78 is 11.8. The minimum absolute atomic E-state index is 0.00267. The van der Waals surface area contributed by atoms with Gasteiger partial charge < -0.3 is 40.3 Å². The normalized spacial score (nSPS) is 24.2. The smallest absolute Gasteiger partial charge is 0.299 e. The van der Waals surface area contributed by atoms with Crippen LogP contribution in [0.1, 0.15) is 51.4 Å². The molecule has 4 atom stereocenters. The summed E-state index contributed by atoms with van der Waals surface area (Å²) in [5.41, 5.74) is 8.40. The predicted octanol–water partition coefficient (Wildman–Crippen LogP) is 2.53. The first kappa shape index (κ1) is 33.8. The third-order valence-electron chi connectivity index (χ3n) is 10.1. The molecule has 6 heterocycles. The number of fused-ring (bicyclic) bond motifs is 2. The zero-order valence-electron chi connectivity index (χ0n) is 28.4. The lowest BCUT2D eigenvalue weighted by Gasteiger charge is -2.34. The van der Waals surface area contributed by atoms with Crippen LogP contribution in [0.3, 0.4) is 0 Å². The first-order chi connectivity index (χ1) is 24.4. The van der Waals surface area contributed by atoms with Crippen LogP contribution < -0.4 is 31.5 Å². The van der Waals surface area contributed by atoms with Gasteiger partial charge in [0.15, 0.2) is 11.2 Å². The molecule has 4 aromatic rings. The molecule has 0 bridgehead atoms. The molecule has 50 heavy (non-hydrogen) atoms. The lowest BCUT2D eigenvalue weighted by molar-refractivity contribution is -0.124. The zero-order valence-corrected chi connectivity index (χ0v) is 28.4. The summed E-state index contributed by atoms with van der Waals surface area (Å²) in [7, 11) is 0. The number of primary amides is 1. The Labute approximate surface area is 291 Å². The molecule has 14 heteroatoms. The highest BCUT2D eigenvalue weighted by molar-refractivity contribution is 5.86. The number of likely N-dealkylation sites (tertiary alicyclic amines) is 1. The Morgan fingerprint density at radius 3 is 1.82 bits per heavy atom. The standard InChI is InChI=1S/C19H25N5O3.C17H22N4O2/c20-17(25)12-23-10-8-13(11-23)21-18(26)15-6-3-4-9-24(15)19-22-14-5-1-2-7-16(14)27-19;22-16(19-12-8-9-18-11-12)14-6-3-4-10-21(14)17-20-13-5-1-2-7-15(13)23-17/h1-2,5,7,13,15H,3-4,6,8-12H2,(H2,20,25)(H,21,26);1-2,5,7,12,14,18H,3-4,6,8-11H2,(H,19,22)/t13-,15-;12-,14-/m00/s1. The second-order valence-electron chi connectivity index (χ2n) is 13.7. The maximum Gasteiger partial charge on any atom is 0.299 e. The molecule has 4 fully saturated rings. The number of amides is 3. The molecule has 0 unspecified atom stereocenters. The van der Waals surface area contributed by atoms with Crippen molar-refractivity contribution in [1.29, 1.82) is 0 Å². The van der Waals surface area contributed by atoms with Gasteiger partial charge in [-0.05, 0) is 82.2 Å². The van der Waals surface area contributed by atoms with Crippen LogP contribution in [0.5, 0.6) is 0 Å². The Kier molecular flexibility index (Phi) is 10.5. The summed E-state index contributed by atoms with van der Waals surface area (Å²) in [5.74, 6) is -0.236. The molecule has 4 aliphatic rings. The van der Waals surface area contributed by atoms with Crippen LogP contribution in [-0.2, 0) is 14.4 Å². The first-order valence-corrected chi connectivity index (χ1v) is 18.0. The molecular weight excluding hydrogens is 638 g/mol. The van der Waals surface area contributed by atoms with Crippen molar-refractivity contribution < 1.29 is 23.2 Å². The monoisotopic (exact) mass is 685 g/mol. The van der Waals surface area contributed by atoms with Gasteiger partial charge in [0.1, 0.15) is 23.1 Å². The second kappa shape index (κ2) is 15.5. The van der Waals surface area contributed by atoms with E-state index in [0.717, 1.165) is 106 Å². The quantitative estimate of drug-likeness (QED) is 0.215. The maximum absolute atomic E-state index is 12.9. The van der Waals surface area contributed by atoms with Crippen LogP contribution in [0.25, 0.3) is 22.2 Å². The topological polar surface area (TPSA) is 175 Å². The Morgan fingerprint density at radius 2 is 1.30 bits per heavy atom. The van der Waals surface area contributed by atoms with E-state index in [9.17, 15) is 14.4 Å². The first-order valence-electron chi connectivity index (χ1n) is 18.0. The molecule has 14 nitrogen and oxygen atoms in total. The van der Waals surface area contributed by atoms with Gasteiger partial charge in [0.2, 0.25) is 17.7 Å². The molecule has 0 aliphatic carbocycles. The Hall–Kier alpha value is -4.69. The molecule has 2 aromatic heterocycles. The summed E-state index contributed by atoms with van der Waals surface area (Å²) >= 11 is 0. The van der Waals surface area contributed by atoms with Crippen molar-refractivity contribution in [3.63, 3.8) is 0 Å². The molecule has 4 aliphatic heterocycles. The number of carbonyl (C=O) groups is 3. The maximum atomic E-state index is 12.9. The van der Waals surface area contributed by atoms with Gasteiger partial charge in [0.05, 0.1) is 6.54 Å². The van der Waals surface area contributed by atoms with E-state index in [-0.39, 0.29) is 48.4 Å².